The van der Waals surface area contributed by atoms with Crippen molar-refractivity contribution >= 4 is 17.3 Å². The van der Waals surface area contributed by atoms with Gasteiger partial charge in [0, 0.05) is 17.3 Å². The van der Waals surface area contributed by atoms with E-state index in [0.717, 1.165) is 25.7 Å². The van der Waals surface area contributed by atoms with Crippen molar-refractivity contribution in [3.8, 4) is 6.07 Å². The maximum atomic E-state index is 12.8. The lowest BCUT2D eigenvalue weighted by atomic mass is 9.82. The van der Waals surface area contributed by atoms with Crippen LogP contribution in [0.4, 0.5) is 0 Å². The molecule has 0 bridgehead atoms. The molecule has 1 aromatic heterocycles. The molecule has 1 atom stereocenters. The second-order valence-corrected chi connectivity index (χ2v) is 7.04. The first kappa shape index (κ1) is 20.4. The molecule has 1 aliphatic rings. The summed E-state index contributed by atoms with van der Waals surface area (Å²) in [5.41, 5.74) is 1.67. The van der Waals surface area contributed by atoms with Crippen LogP contribution in [0.15, 0.2) is 42.4 Å². The summed E-state index contributed by atoms with van der Waals surface area (Å²) in [6.07, 6.45) is 6.75. The van der Waals surface area contributed by atoms with Gasteiger partial charge >= 0.3 is 5.97 Å². The molecule has 0 amide bonds. The number of nitriles is 1. The highest BCUT2D eigenvalue weighted by atomic mass is 16.5. The number of hydrogen-bond donors (Lipinski definition) is 0. The Morgan fingerprint density at radius 1 is 1.21 bits per heavy atom. The molecule has 29 heavy (non-hydrogen) atoms. The van der Waals surface area contributed by atoms with Crippen LogP contribution >= 0.6 is 0 Å². The largest absolute Gasteiger partial charge is 0.461 e. The van der Waals surface area contributed by atoms with E-state index in [9.17, 15) is 14.9 Å². The Bertz CT molecular complexity index is 953. The number of carbonyl (C=O) groups excluding carboxylic acids is 2. The average molecular weight is 389 g/mol. The van der Waals surface area contributed by atoms with Gasteiger partial charge in [-0.25, -0.2) is 14.8 Å². The number of ether oxygens (including phenoxy) is 1. The molecule has 2 aromatic rings. The molecule has 1 heterocycles. The third kappa shape index (κ3) is 4.09. The molecule has 148 valence electrons. The van der Waals surface area contributed by atoms with Crippen molar-refractivity contribution < 1.29 is 14.3 Å². The fourth-order valence-corrected chi connectivity index (χ4v) is 3.49. The van der Waals surface area contributed by atoms with Gasteiger partial charge in [0.2, 0.25) is 0 Å². The maximum Gasteiger partial charge on any atom is 0.349 e. The summed E-state index contributed by atoms with van der Waals surface area (Å²) >= 11 is 0. The van der Waals surface area contributed by atoms with E-state index in [2.05, 4.69) is 23.8 Å². The van der Waals surface area contributed by atoms with Gasteiger partial charge in [0.05, 0.1) is 17.9 Å². The molecule has 6 nitrogen and oxygen atoms in total. The van der Waals surface area contributed by atoms with Gasteiger partial charge in [-0.1, -0.05) is 57.4 Å². The van der Waals surface area contributed by atoms with Crippen molar-refractivity contribution in [1.29, 1.82) is 5.26 Å². The standard InChI is InChI=1S/C23H23N3O3/c1-3-5-8-15(4-2)13-29-23(28)18(11-24)20-16-9-6-7-10-17(16)22(27)19-12-25-14-26-21(19)20/h6-7,9-10,12,14-15H,3-5,8,13H2,1-2H3/b20-18-. The van der Waals surface area contributed by atoms with Crippen LogP contribution in [0, 0.1) is 17.2 Å². The number of unbranched alkanes of at least 4 members (excludes halogenated alkanes) is 1. The topological polar surface area (TPSA) is 92.9 Å². The fraction of sp³-hybridized carbons (Fsp3) is 0.348. The summed E-state index contributed by atoms with van der Waals surface area (Å²) in [5.74, 6) is -0.652. The molecule has 0 fully saturated rings. The van der Waals surface area contributed by atoms with Gasteiger partial charge in [0.15, 0.2) is 5.78 Å². The number of carbonyl (C=O) groups is 2. The Morgan fingerprint density at radius 3 is 2.66 bits per heavy atom. The lowest BCUT2D eigenvalue weighted by Gasteiger charge is -2.21. The quantitative estimate of drug-likeness (QED) is 0.343. The molecule has 0 saturated carbocycles. The minimum Gasteiger partial charge on any atom is -0.461 e. The second kappa shape index (κ2) is 9.24. The predicted molar refractivity (Wildman–Crippen MR) is 108 cm³/mol. The van der Waals surface area contributed by atoms with E-state index in [0.29, 0.717) is 16.7 Å². The Balaban J connectivity index is 2.02. The molecule has 0 radical (unpaired) electrons. The zero-order valence-corrected chi connectivity index (χ0v) is 16.6. The fourth-order valence-electron chi connectivity index (χ4n) is 3.49. The molecular formula is C23H23N3O3. The van der Waals surface area contributed by atoms with Gasteiger partial charge in [-0.15, -0.1) is 0 Å². The number of ketones is 1. The summed E-state index contributed by atoms with van der Waals surface area (Å²) in [7, 11) is 0. The van der Waals surface area contributed by atoms with Crippen molar-refractivity contribution in [2.24, 2.45) is 5.92 Å². The van der Waals surface area contributed by atoms with Crippen molar-refractivity contribution in [1.82, 2.24) is 9.97 Å². The van der Waals surface area contributed by atoms with Gasteiger partial charge in [-0.3, -0.25) is 4.79 Å². The highest BCUT2D eigenvalue weighted by Gasteiger charge is 2.32. The van der Waals surface area contributed by atoms with E-state index >= 15 is 0 Å². The number of aromatic nitrogens is 2. The van der Waals surface area contributed by atoms with Crippen LogP contribution in [0.1, 0.15) is 66.7 Å². The smallest absolute Gasteiger partial charge is 0.349 e. The second-order valence-electron chi connectivity index (χ2n) is 7.04. The van der Waals surface area contributed by atoms with Crippen LogP contribution in [0.5, 0.6) is 0 Å². The monoisotopic (exact) mass is 389 g/mol. The van der Waals surface area contributed by atoms with Gasteiger partial charge in [-0.2, -0.15) is 5.26 Å². The van der Waals surface area contributed by atoms with Gasteiger partial charge in [-0.05, 0) is 17.9 Å². The molecular weight excluding hydrogens is 366 g/mol. The third-order valence-corrected chi connectivity index (χ3v) is 5.19. The molecule has 6 heteroatoms. The predicted octanol–water partition coefficient (Wildman–Crippen LogP) is 4.11. The van der Waals surface area contributed by atoms with Gasteiger partial charge in [0.25, 0.3) is 0 Å². The zero-order chi connectivity index (χ0) is 20.8. The molecule has 0 aliphatic heterocycles. The van der Waals surface area contributed by atoms with E-state index in [1.54, 1.807) is 24.3 Å². The van der Waals surface area contributed by atoms with Crippen LogP contribution in [-0.4, -0.2) is 28.3 Å². The minimum atomic E-state index is -0.689. The molecule has 1 aliphatic carbocycles. The third-order valence-electron chi connectivity index (χ3n) is 5.19. The lowest BCUT2D eigenvalue weighted by Crippen LogP contribution is -2.20. The van der Waals surface area contributed by atoms with Crippen LogP contribution in [-0.2, 0) is 9.53 Å². The van der Waals surface area contributed by atoms with Crippen molar-refractivity contribution in [2.75, 3.05) is 6.61 Å². The number of benzene rings is 1. The highest BCUT2D eigenvalue weighted by Crippen LogP contribution is 2.36. The molecule has 0 N–H and O–H groups in total. The lowest BCUT2D eigenvalue weighted by molar-refractivity contribution is -0.139. The molecule has 0 spiro atoms. The first-order chi connectivity index (χ1) is 14.1. The molecule has 0 saturated heterocycles. The van der Waals surface area contributed by atoms with E-state index < -0.39 is 5.97 Å². The Labute approximate surface area is 170 Å². The zero-order valence-electron chi connectivity index (χ0n) is 16.6. The summed E-state index contributed by atoms with van der Waals surface area (Å²) in [4.78, 5) is 33.8. The minimum absolute atomic E-state index is 0.143. The number of fused-ring (bicyclic) bond motifs is 2. The number of rotatable bonds is 7. The highest BCUT2D eigenvalue weighted by molar-refractivity contribution is 6.20. The Kier molecular flexibility index (Phi) is 6.50. The molecule has 1 unspecified atom stereocenters. The Hall–Kier alpha value is -3.33. The Morgan fingerprint density at radius 2 is 1.97 bits per heavy atom. The number of esters is 1. The summed E-state index contributed by atoms with van der Waals surface area (Å²) in [5, 5.41) is 9.79. The summed E-state index contributed by atoms with van der Waals surface area (Å²) in [6.45, 7) is 4.46. The van der Waals surface area contributed by atoms with Crippen molar-refractivity contribution in [2.45, 2.75) is 39.5 Å². The summed E-state index contributed by atoms with van der Waals surface area (Å²) < 4.78 is 5.51. The normalized spacial score (nSPS) is 15.0. The molecule has 1 aromatic carbocycles. The number of hydrogen-bond acceptors (Lipinski definition) is 6. The van der Waals surface area contributed by atoms with Gasteiger partial charge in [0.1, 0.15) is 18.0 Å². The van der Waals surface area contributed by atoms with Crippen LogP contribution < -0.4 is 0 Å². The first-order valence-corrected chi connectivity index (χ1v) is 9.88. The average Bonchev–Trinajstić information content (AvgIpc) is 2.76. The van der Waals surface area contributed by atoms with E-state index in [4.69, 9.17) is 4.74 Å². The maximum absolute atomic E-state index is 12.8. The van der Waals surface area contributed by atoms with Crippen LogP contribution in [0.2, 0.25) is 0 Å². The molecule has 3 rings (SSSR count). The SMILES string of the molecule is CCCCC(CC)COC(=O)/C(C#N)=C1/c2ccccc2C(=O)c2cncnc21. The van der Waals surface area contributed by atoms with Crippen LogP contribution in [0.25, 0.3) is 5.57 Å². The van der Waals surface area contributed by atoms with Crippen molar-refractivity contribution in [3.05, 3.63) is 64.7 Å². The van der Waals surface area contributed by atoms with Crippen LogP contribution in [0.3, 0.4) is 0 Å². The summed E-state index contributed by atoms with van der Waals surface area (Å²) in [6, 6.07) is 8.88. The van der Waals surface area contributed by atoms with Crippen molar-refractivity contribution in [3.63, 3.8) is 0 Å². The van der Waals surface area contributed by atoms with E-state index in [1.165, 1.54) is 12.5 Å². The van der Waals surface area contributed by atoms with E-state index in [1.807, 2.05) is 6.07 Å². The first-order valence-electron chi connectivity index (χ1n) is 9.88. The van der Waals surface area contributed by atoms with E-state index in [-0.39, 0.29) is 35.1 Å². The van der Waals surface area contributed by atoms with Gasteiger partial charge < -0.3 is 4.74 Å². The number of nitrogens with zero attached hydrogens (tertiary/aromatic N) is 3.